The van der Waals surface area contributed by atoms with E-state index in [2.05, 4.69) is 10.6 Å². The fourth-order valence-electron chi connectivity index (χ4n) is 3.08. The molecule has 1 aliphatic heterocycles. The molecular formula is C20H23N3O3. The summed E-state index contributed by atoms with van der Waals surface area (Å²) in [6, 6.07) is 14.1. The van der Waals surface area contributed by atoms with Crippen molar-refractivity contribution in [3.63, 3.8) is 0 Å². The summed E-state index contributed by atoms with van der Waals surface area (Å²) in [5.41, 5.74) is 2.44. The number of ether oxygens (including phenoxy) is 1. The maximum atomic E-state index is 12.7. The summed E-state index contributed by atoms with van der Waals surface area (Å²) in [6.07, 6.45) is 1.44. The zero-order valence-corrected chi connectivity index (χ0v) is 15.0. The molecule has 0 aromatic heterocycles. The van der Waals surface area contributed by atoms with E-state index in [0.717, 1.165) is 17.7 Å². The van der Waals surface area contributed by atoms with Crippen LogP contribution >= 0.6 is 0 Å². The first-order valence-corrected chi connectivity index (χ1v) is 8.66. The number of carbonyl (C=O) groups is 2. The number of methoxy groups -OCH3 is 1. The van der Waals surface area contributed by atoms with Gasteiger partial charge in [0.05, 0.1) is 12.8 Å². The maximum Gasteiger partial charge on any atom is 0.322 e. The van der Waals surface area contributed by atoms with Crippen molar-refractivity contribution in [1.29, 1.82) is 0 Å². The normalized spacial score (nSPS) is 16.2. The molecule has 136 valence electrons. The number of nitrogens with one attached hydrogen (secondary N) is 2. The van der Waals surface area contributed by atoms with Crippen LogP contribution in [0.5, 0.6) is 5.75 Å². The Morgan fingerprint density at radius 3 is 2.54 bits per heavy atom. The maximum absolute atomic E-state index is 12.7. The van der Waals surface area contributed by atoms with E-state index < -0.39 is 6.04 Å². The number of benzene rings is 2. The highest BCUT2D eigenvalue weighted by molar-refractivity contribution is 6.00. The van der Waals surface area contributed by atoms with E-state index in [1.165, 1.54) is 0 Å². The van der Waals surface area contributed by atoms with Crippen LogP contribution in [0.2, 0.25) is 0 Å². The quantitative estimate of drug-likeness (QED) is 0.882. The van der Waals surface area contributed by atoms with Gasteiger partial charge in [-0.3, -0.25) is 4.79 Å². The van der Waals surface area contributed by atoms with Gasteiger partial charge in [-0.15, -0.1) is 0 Å². The summed E-state index contributed by atoms with van der Waals surface area (Å²) in [7, 11) is 1.56. The summed E-state index contributed by atoms with van der Waals surface area (Å²) in [6.45, 7) is 2.55. The molecule has 1 aliphatic rings. The Morgan fingerprint density at radius 1 is 1.08 bits per heavy atom. The van der Waals surface area contributed by atoms with E-state index in [9.17, 15) is 9.59 Å². The third-order valence-corrected chi connectivity index (χ3v) is 4.48. The number of hydrogen-bond donors (Lipinski definition) is 2. The predicted molar refractivity (Wildman–Crippen MR) is 102 cm³/mol. The monoisotopic (exact) mass is 353 g/mol. The van der Waals surface area contributed by atoms with Gasteiger partial charge in [-0.05, 0) is 44.0 Å². The molecule has 2 aromatic rings. The minimum absolute atomic E-state index is 0.203. The molecule has 0 spiro atoms. The van der Waals surface area contributed by atoms with Gasteiger partial charge in [0.25, 0.3) is 0 Å². The molecule has 26 heavy (non-hydrogen) atoms. The lowest BCUT2D eigenvalue weighted by molar-refractivity contribution is -0.119. The van der Waals surface area contributed by atoms with Gasteiger partial charge in [0.1, 0.15) is 11.8 Å². The van der Waals surface area contributed by atoms with E-state index >= 15 is 0 Å². The highest BCUT2D eigenvalue weighted by Gasteiger charge is 2.34. The standard InChI is InChI=1S/C20H23N3O3/c1-14-9-11-15(12-10-14)21-20(25)23-13-5-7-17(23)19(24)22-16-6-3-4-8-18(16)26-2/h3-4,6,8-12,17H,5,7,13H2,1-2H3,(H,21,25)(H,22,24)/t17-/m0/s1. The molecule has 1 atom stereocenters. The number of urea groups is 1. The lowest BCUT2D eigenvalue weighted by Gasteiger charge is -2.24. The summed E-state index contributed by atoms with van der Waals surface area (Å²) in [5, 5.41) is 5.74. The van der Waals surface area contributed by atoms with Crippen molar-refractivity contribution < 1.29 is 14.3 Å². The summed E-state index contributed by atoms with van der Waals surface area (Å²) in [4.78, 5) is 26.9. The molecule has 6 nitrogen and oxygen atoms in total. The minimum Gasteiger partial charge on any atom is -0.495 e. The number of rotatable bonds is 4. The topological polar surface area (TPSA) is 70.7 Å². The molecule has 1 fully saturated rings. The van der Waals surface area contributed by atoms with Crippen LogP contribution in [-0.4, -0.2) is 36.5 Å². The van der Waals surface area contributed by atoms with Crippen molar-refractivity contribution in [3.05, 3.63) is 54.1 Å². The Labute approximate surface area is 153 Å². The second-order valence-corrected chi connectivity index (χ2v) is 6.34. The molecule has 1 heterocycles. The second-order valence-electron chi connectivity index (χ2n) is 6.34. The number of likely N-dealkylation sites (tertiary alicyclic amines) is 1. The summed E-state index contributed by atoms with van der Waals surface area (Å²) in [5.74, 6) is 0.389. The van der Waals surface area contributed by atoms with Crippen LogP contribution in [0.1, 0.15) is 18.4 Å². The summed E-state index contributed by atoms with van der Waals surface area (Å²) < 4.78 is 5.26. The highest BCUT2D eigenvalue weighted by Crippen LogP contribution is 2.26. The Balaban J connectivity index is 1.67. The van der Waals surface area contributed by atoms with E-state index in [1.54, 1.807) is 24.1 Å². The zero-order chi connectivity index (χ0) is 18.5. The fraction of sp³-hybridized carbons (Fsp3) is 0.300. The number of para-hydroxylation sites is 2. The average molecular weight is 353 g/mol. The van der Waals surface area contributed by atoms with Crippen LogP contribution in [-0.2, 0) is 4.79 Å². The highest BCUT2D eigenvalue weighted by atomic mass is 16.5. The molecule has 0 radical (unpaired) electrons. The largest absolute Gasteiger partial charge is 0.495 e. The molecule has 3 rings (SSSR count). The van der Waals surface area contributed by atoms with E-state index in [0.29, 0.717) is 24.4 Å². The Kier molecular flexibility index (Phi) is 5.41. The zero-order valence-electron chi connectivity index (χ0n) is 15.0. The average Bonchev–Trinajstić information content (AvgIpc) is 3.14. The van der Waals surface area contributed by atoms with Gasteiger partial charge in [0.15, 0.2) is 0 Å². The van der Waals surface area contributed by atoms with Gasteiger partial charge in [0, 0.05) is 12.2 Å². The molecule has 0 bridgehead atoms. The molecular weight excluding hydrogens is 330 g/mol. The van der Waals surface area contributed by atoms with Gasteiger partial charge in [-0.25, -0.2) is 4.79 Å². The van der Waals surface area contributed by atoms with Gasteiger partial charge >= 0.3 is 6.03 Å². The molecule has 2 N–H and O–H groups in total. The number of aryl methyl sites for hydroxylation is 1. The van der Waals surface area contributed by atoms with Crippen LogP contribution in [0.3, 0.4) is 0 Å². The molecule has 0 aliphatic carbocycles. The minimum atomic E-state index is -0.495. The van der Waals surface area contributed by atoms with Gasteiger partial charge < -0.3 is 20.3 Å². The van der Waals surface area contributed by atoms with E-state index in [-0.39, 0.29) is 11.9 Å². The predicted octanol–water partition coefficient (Wildman–Crippen LogP) is 3.64. The van der Waals surface area contributed by atoms with Crippen molar-refractivity contribution in [3.8, 4) is 5.75 Å². The number of amides is 3. The third kappa shape index (κ3) is 3.96. The number of nitrogens with zero attached hydrogens (tertiary/aromatic N) is 1. The lowest BCUT2D eigenvalue weighted by Crippen LogP contribution is -2.45. The second kappa shape index (κ2) is 7.91. The van der Waals surface area contributed by atoms with E-state index in [4.69, 9.17) is 4.74 Å². The van der Waals surface area contributed by atoms with Crippen molar-refractivity contribution in [1.82, 2.24) is 4.90 Å². The smallest absolute Gasteiger partial charge is 0.322 e. The van der Waals surface area contributed by atoms with Crippen molar-refractivity contribution >= 4 is 23.3 Å². The first-order valence-electron chi connectivity index (χ1n) is 8.66. The van der Waals surface area contributed by atoms with E-state index in [1.807, 2.05) is 43.3 Å². The van der Waals surface area contributed by atoms with Crippen molar-refractivity contribution in [2.75, 3.05) is 24.3 Å². The fourth-order valence-corrected chi connectivity index (χ4v) is 3.08. The van der Waals surface area contributed by atoms with Gasteiger partial charge in [-0.2, -0.15) is 0 Å². The van der Waals surface area contributed by atoms with Crippen molar-refractivity contribution in [2.45, 2.75) is 25.8 Å². The molecule has 0 unspecified atom stereocenters. The van der Waals surface area contributed by atoms with Gasteiger partial charge in [0.2, 0.25) is 5.91 Å². The number of carbonyl (C=O) groups excluding carboxylic acids is 2. The lowest BCUT2D eigenvalue weighted by atomic mass is 10.2. The summed E-state index contributed by atoms with van der Waals surface area (Å²) >= 11 is 0. The Hall–Kier alpha value is -3.02. The molecule has 1 saturated heterocycles. The first kappa shape index (κ1) is 17.8. The number of hydrogen-bond acceptors (Lipinski definition) is 3. The SMILES string of the molecule is COc1ccccc1NC(=O)[C@@H]1CCCN1C(=O)Nc1ccc(C)cc1. The first-order chi connectivity index (χ1) is 12.6. The molecule has 6 heteroatoms. The van der Waals surface area contributed by atoms with Gasteiger partial charge in [-0.1, -0.05) is 29.8 Å². The Bertz CT molecular complexity index is 789. The molecule has 0 saturated carbocycles. The Morgan fingerprint density at radius 2 is 1.81 bits per heavy atom. The number of anilines is 2. The third-order valence-electron chi connectivity index (χ3n) is 4.48. The molecule has 3 amide bonds. The van der Waals surface area contributed by atoms with Crippen LogP contribution in [0, 0.1) is 6.92 Å². The van der Waals surface area contributed by atoms with Crippen molar-refractivity contribution in [2.24, 2.45) is 0 Å². The van der Waals surface area contributed by atoms with Crippen LogP contribution in [0.15, 0.2) is 48.5 Å². The van der Waals surface area contributed by atoms with Crippen LogP contribution in [0.25, 0.3) is 0 Å². The molecule has 2 aromatic carbocycles. The van der Waals surface area contributed by atoms with Crippen LogP contribution < -0.4 is 15.4 Å². The van der Waals surface area contributed by atoms with Crippen LogP contribution in [0.4, 0.5) is 16.2 Å².